The molecule has 126 valence electrons. The zero-order valence-corrected chi connectivity index (χ0v) is 13.1. The largest absolute Gasteiger partial charge is 0.466 e. The van der Waals surface area contributed by atoms with Crippen LogP contribution in [0.3, 0.4) is 0 Å². The van der Waals surface area contributed by atoms with Crippen LogP contribution in [0.4, 0.5) is 5.69 Å². The Morgan fingerprint density at radius 2 is 1.83 bits per heavy atom. The smallest absolute Gasteiger partial charge is 0.354 e. The van der Waals surface area contributed by atoms with Crippen molar-refractivity contribution in [3.8, 4) is 0 Å². The van der Waals surface area contributed by atoms with Crippen molar-refractivity contribution < 1.29 is 28.7 Å². The van der Waals surface area contributed by atoms with Crippen molar-refractivity contribution in [1.82, 2.24) is 5.32 Å². The number of rotatable bonds is 5. The van der Waals surface area contributed by atoms with Gasteiger partial charge in [0, 0.05) is 12.1 Å². The van der Waals surface area contributed by atoms with Crippen LogP contribution in [0.2, 0.25) is 0 Å². The summed E-state index contributed by atoms with van der Waals surface area (Å²) in [7, 11) is 2.38. The minimum absolute atomic E-state index is 0.0918. The first-order valence-corrected chi connectivity index (χ1v) is 7.03. The second-order valence-corrected chi connectivity index (χ2v) is 4.99. The fourth-order valence-corrected chi connectivity index (χ4v) is 2.21. The molecule has 1 fully saturated rings. The molecular formula is C16H16N2O6. The molecule has 1 aliphatic heterocycles. The number of amides is 2. The number of esters is 2. The van der Waals surface area contributed by atoms with Gasteiger partial charge in [0.15, 0.2) is 0 Å². The van der Waals surface area contributed by atoms with Gasteiger partial charge in [-0.05, 0) is 17.7 Å². The minimum atomic E-state index is -0.731. The molecule has 8 heteroatoms. The summed E-state index contributed by atoms with van der Waals surface area (Å²) in [6, 6.07) is 6.58. The Balaban J connectivity index is 2.16. The van der Waals surface area contributed by atoms with Gasteiger partial charge < -0.3 is 14.8 Å². The van der Waals surface area contributed by atoms with E-state index in [9.17, 15) is 19.2 Å². The normalized spacial score (nSPS) is 17.2. The molecule has 0 saturated carbocycles. The van der Waals surface area contributed by atoms with E-state index >= 15 is 0 Å². The first kappa shape index (κ1) is 17.2. The lowest BCUT2D eigenvalue weighted by atomic mass is 9.97. The number of benzene rings is 1. The topological polar surface area (TPSA) is 111 Å². The number of methoxy groups -OCH3 is 2. The first-order chi connectivity index (χ1) is 11.4. The Morgan fingerprint density at radius 3 is 2.33 bits per heavy atom. The molecule has 8 nitrogen and oxygen atoms in total. The number of ether oxygens (including phenoxy) is 2. The van der Waals surface area contributed by atoms with Gasteiger partial charge in [0.05, 0.1) is 26.2 Å². The molecule has 2 N–H and O–H groups in total. The molecular weight excluding hydrogens is 316 g/mol. The molecule has 2 rings (SSSR count). The van der Waals surface area contributed by atoms with E-state index in [2.05, 4.69) is 20.1 Å². The van der Waals surface area contributed by atoms with E-state index < -0.39 is 17.9 Å². The van der Waals surface area contributed by atoms with Crippen molar-refractivity contribution >= 4 is 29.4 Å². The van der Waals surface area contributed by atoms with Crippen LogP contribution in [0.1, 0.15) is 17.9 Å². The zero-order valence-electron chi connectivity index (χ0n) is 13.1. The van der Waals surface area contributed by atoms with Gasteiger partial charge in [-0.15, -0.1) is 0 Å². The third-order valence-corrected chi connectivity index (χ3v) is 3.43. The molecule has 1 saturated heterocycles. The van der Waals surface area contributed by atoms with Crippen molar-refractivity contribution in [1.29, 1.82) is 0 Å². The van der Waals surface area contributed by atoms with Crippen LogP contribution < -0.4 is 10.6 Å². The van der Waals surface area contributed by atoms with E-state index in [0.717, 1.165) is 6.08 Å². The lowest BCUT2D eigenvalue weighted by Crippen LogP contribution is -2.21. The van der Waals surface area contributed by atoms with E-state index in [-0.39, 0.29) is 23.9 Å². The average Bonchev–Trinajstić information content (AvgIpc) is 2.92. The van der Waals surface area contributed by atoms with Gasteiger partial charge in [-0.3, -0.25) is 14.9 Å². The number of carbonyl (C=O) groups excluding carboxylic acids is 4. The molecule has 0 aliphatic carbocycles. The monoisotopic (exact) mass is 332 g/mol. The number of hydrogen-bond donors (Lipinski definition) is 2. The minimum Gasteiger partial charge on any atom is -0.466 e. The second kappa shape index (κ2) is 7.40. The van der Waals surface area contributed by atoms with E-state index in [4.69, 9.17) is 0 Å². The third kappa shape index (κ3) is 3.97. The highest BCUT2D eigenvalue weighted by Crippen LogP contribution is 2.25. The molecule has 2 amide bonds. The third-order valence-electron chi connectivity index (χ3n) is 3.43. The summed E-state index contributed by atoms with van der Waals surface area (Å²) in [5.74, 6) is -2.59. The van der Waals surface area contributed by atoms with E-state index in [0.29, 0.717) is 11.3 Å². The maximum Gasteiger partial charge on any atom is 0.354 e. The van der Waals surface area contributed by atoms with Crippen molar-refractivity contribution in [2.24, 2.45) is 0 Å². The molecule has 0 bridgehead atoms. The predicted molar refractivity (Wildman–Crippen MR) is 82.7 cm³/mol. The van der Waals surface area contributed by atoms with Crippen LogP contribution in [0.5, 0.6) is 0 Å². The van der Waals surface area contributed by atoms with Gasteiger partial charge in [-0.25, -0.2) is 9.59 Å². The molecule has 1 aromatic rings. The molecule has 1 unspecified atom stereocenters. The molecule has 0 spiro atoms. The Kier molecular flexibility index (Phi) is 5.31. The van der Waals surface area contributed by atoms with Gasteiger partial charge in [0.1, 0.15) is 5.70 Å². The highest BCUT2D eigenvalue weighted by Gasteiger charge is 2.31. The summed E-state index contributed by atoms with van der Waals surface area (Å²) in [5, 5.41) is 5.00. The van der Waals surface area contributed by atoms with Crippen molar-refractivity contribution in [3.63, 3.8) is 0 Å². The SMILES string of the molecule is COC(=O)/C=C(/Nc1ccc(C2CC(=O)NC2=O)cc1)C(=O)OC. The van der Waals surface area contributed by atoms with E-state index in [1.165, 1.54) is 14.2 Å². The summed E-state index contributed by atoms with van der Waals surface area (Å²) in [4.78, 5) is 45.9. The highest BCUT2D eigenvalue weighted by molar-refractivity contribution is 6.06. The Bertz CT molecular complexity index is 708. The number of carbonyl (C=O) groups is 4. The molecule has 0 radical (unpaired) electrons. The molecule has 1 heterocycles. The Morgan fingerprint density at radius 1 is 1.17 bits per heavy atom. The number of nitrogens with one attached hydrogen (secondary N) is 2. The van der Waals surface area contributed by atoms with Crippen molar-refractivity contribution in [2.45, 2.75) is 12.3 Å². The average molecular weight is 332 g/mol. The van der Waals surface area contributed by atoms with E-state index in [1.807, 2.05) is 0 Å². The molecule has 1 aromatic carbocycles. The fraction of sp³-hybridized carbons (Fsp3) is 0.250. The summed E-state index contributed by atoms with van der Waals surface area (Å²) in [6.45, 7) is 0. The highest BCUT2D eigenvalue weighted by atomic mass is 16.5. The van der Waals surface area contributed by atoms with Crippen LogP contribution in [-0.2, 0) is 28.7 Å². The predicted octanol–water partition coefficient (Wildman–Crippen LogP) is 0.458. The van der Waals surface area contributed by atoms with Crippen LogP contribution in [-0.4, -0.2) is 38.0 Å². The molecule has 24 heavy (non-hydrogen) atoms. The van der Waals surface area contributed by atoms with Crippen LogP contribution in [0.25, 0.3) is 0 Å². The lowest BCUT2D eigenvalue weighted by Gasteiger charge is -2.11. The molecule has 1 aliphatic rings. The van der Waals surface area contributed by atoms with Gasteiger partial charge in [0.2, 0.25) is 11.8 Å². The molecule has 1 atom stereocenters. The van der Waals surface area contributed by atoms with Crippen LogP contribution in [0, 0.1) is 0 Å². The second-order valence-electron chi connectivity index (χ2n) is 4.99. The summed E-state index contributed by atoms with van der Waals surface area (Å²) >= 11 is 0. The number of anilines is 1. The maximum atomic E-state index is 11.7. The fourth-order valence-electron chi connectivity index (χ4n) is 2.21. The summed E-state index contributed by atoms with van der Waals surface area (Å²) in [5.41, 5.74) is 1.09. The van der Waals surface area contributed by atoms with Gasteiger partial charge in [0.25, 0.3) is 0 Å². The lowest BCUT2D eigenvalue weighted by molar-refractivity contribution is -0.138. The van der Waals surface area contributed by atoms with Crippen LogP contribution in [0.15, 0.2) is 36.0 Å². The zero-order chi connectivity index (χ0) is 17.7. The standard InChI is InChI=1S/C16H16N2O6/c1-23-14(20)8-12(16(22)24-2)17-10-5-3-9(4-6-10)11-7-13(19)18-15(11)21/h3-6,8,11,17H,7H2,1-2H3,(H,18,19,21)/b12-8+. The van der Waals surface area contributed by atoms with Gasteiger partial charge >= 0.3 is 11.9 Å². The van der Waals surface area contributed by atoms with Gasteiger partial charge in [-0.2, -0.15) is 0 Å². The van der Waals surface area contributed by atoms with E-state index in [1.54, 1.807) is 24.3 Å². The quantitative estimate of drug-likeness (QED) is 0.458. The molecule has 0 aromatic heterocycles. The van der Waals surface area contributed by atoms with Gasteiger partial charge in [-0.1, -0.05) is 12.1 Å². The Labute approximate surface area is 137 Å². The van der Waals surface area contributed by atoms with Crippen LogP contribution >= 0.6 is 0 Å². The summed E-state index contributed by atoms with van der Waals surface area (Å²) < 4.78 is 9.08. The first-order valence-electron chi connectivity index (χ1n) is 7.03. The maximum absolute atomic E-state index is 11.7. The Hall–Kier alpha value is -3.16. The number of hydrogen-bond acceptors (Lipinski definition) is 7. The summed E-state index contributed by atoms with van der Waals surface area (Å²) in [6.07, 6.45) is 1.09. The van der Waals surface area contributed by atoms with Crippen molar-refractivity contribution in [3.05, 3.63) is 41.6 Å². The number of imide groups is 1. The van der Waals surface area contributed by atoms with Crippen molar-refractivity contribution in [2.75, 3.05) is 19.5 Å².